The lowest BCUT2D eigenvalue weighted by atomic mass is 10.2. The normalized spacial score (nSPS) is 11.9. The molecule has 0 saturated heterocycles. The number of carboxylic acid groups (broad SMARTS) is 1. The number of nitrogens with zero attached hydrogens (tertiary/aromatic N) is 1. The Labute approximate surface area is 115 Å². The summed E-state index contributed by atoms with van der Waals surface area (Å²) in [4.78, 5) is 26.2. The van der Waals surface area contributed by atoms with Crippen molar-refractivity contribution < 1.29 is 19.4 Å². The Balaban J connectivity index is 2.25. The summed E-state index contributed by atoms with van der Waals surface area (Å²) < 4.78 is 4.94. The number of aromatic nitrogens is 1. The van der Waals surface area contributed by atoms with Gasteiger partial charge >= 0.3 is 12.0 Å². The molecule has 0 aliphatic rings. The molecule has 3 N–H and O–H groups in total. The number of urea groups is 1. The fourth-order valence-electron chi connectivity index (χ4n) is 1.36. The Morgan fingerprint density at radius 2 is 2.26 bits per heavy atom. The van der Waals surface area contributed by atoms with Gasteiger partial charge in [-0.3, -0.25) is 4.79 Å². The van der Waals surface area contributed by atoms with Crippen LogP contribution >= 0.6 is 11.3 Å². The highest BCUT2D eigenvalue weighted by Crippen LogP contribution is 2.07. The van der Waals surface area contributed by atoms with Crippen molar-refractivity contribution in [2.45, 2.75) is 26.0 Å². The summed E-state index contributed by atoms with van der Waals surface area (Å²) in [6, 6.07) is -0.377. The van der Waals surface area contributed by atoms with E-state index >= 15 is 0 Å². The maximum Gasteiger partial charge on any atom is 0.315 e. The summed E-state index contributed by atoms with van der Waals surface area (Å²) in [5.74, 6) is -0.966. The van der Waals surface area contributed by atoms with Gasteiger partial charge in [0.2, 0.25) is 0 Å². The third-order valence-corrected chi connectivity index (χ3v) is 3.14. The number of thiazole rings is 1. The number of nitrogens with one attached hydrogen (secondary N) is 2. The van der Waals surface area contributed by atoms with Gasteiger partial charge in [0, 0.05) is 19.0 Å². The summed E-state index contributed by atoms with van der Waals surface area (Å²) in [5, 5.41) is 16.6. The fraction of sp³-hybridized carbons (Fsp3) is 0.545. The van der Waals surface area contributed by atoms with E-state index in [0.29, 0.717) is 6.54 Å². The third kappa shape index (κ3) is 6.16. The molecule has 1 aromatic rings. The SMILES string of the molecule is COC(CNC(=O)NCc1csc(C)n1)CC(=O)O. The second-order valence-corrected chi connectivity index (χ2v) is 4.94. The highest BCUT2D eigenvalue weighted by Gasteiger charge is 2.13. The molecule has 2 amide bonds. The molecule has 0 aliphatic carbocycles. The van der Waals surface area contributed by atoms with Crippen molar-refractivity contribution in [2.24, 2.45) is 0 Å². The molecule has 7 nitrogen and oxygen atoms in total. The zero-order valence-electron chi connectivity index (χ0n) is 10.8. The average Bonchev–Trinajstić information content (AvgIpc) is 2.77. The second-order valence-electron chi connectivity index (χ2n) is 3.88. The molecule has 0 aliphatic heterocycles. The Morgan fingerprint density at radius 1 is 1.53 bits per heavy atom. The number of carbonyl (C=O) groups excluding carboxylic acids is 1. The highest BCUT2D eigenvalue weighted by atomic mass is 32.1. The van der Waals surface area contributed by atoms with E-state index in [9.17, 15) is 9.59 Å². The summed E-state index contributed by atoms with van der Waals surface area (Å²) in [6.07, 6.45) is -0.688. The van der Waals surface area contributed by atoms with Gasteiger partial charge in [-0.2, -0.15) is 0 Å². The summed E-state index contributed by atoms with van der Waals surface area (Å²) in [5.41, 5.74) is 0.798. The molecule has 1 rings (SSSR count). The Bertz CT molecular complexity index is 435. The summed E-state index contributed by atoms with van der Waals surface area (Å²) >= 11 is 1.52. The van der Waals surface area contributed by atoms with Crippen molar-refractivity contribution in [3.63, 3.8) is 0 Å². The van der Waals surface area contributed by atoms with E-state index in [1.165, 1.54) is 18.4 Å². The number of hydrogen-bond donors (Lipinski definition) is 3. The van der Waals surface area contributed by atoms with Crippen LogP contribution in [0.1, 0.15) is 17.1 Å². The Morgan fingerprint density at radius 3 is 2.79 bits per heavy atom. The molecule has 106 valence electrons. The minimum absolute atomic E-state index is 0.144. The molecule has 1 atom stereocenters. The quantitative estimate of drug-likeness (QED) is 0.686. The first kappa shape index (κ1) is 15.4. The maximum atomic E-state index is 11.5. The van der Waals surface area contributed by atoms with Crippen LogP contribution in [-0.2, 0) is 16.1 Å². The van der Waals surface area contributed by atoms with E-state index < -0.39 is 12.1 Å². The van der Waals surface area contributed by atoms with Crippen molar-refractivity contribution in [1.82, 2.24) is 15.6 Å². The van der Waals surface area contributed by atoms with Crippen LogP contribution in [0.4, 0.5) is 4.79 Å². The van der Waals surface area contributed by atoms with Crippen LogP contribution in [-0.4, -0.2) is 41.8 Å². The highest BCUT2D eigenvalue weighted by molar-refractivity contribution is 7.09. The van der Waals surface area contributed by atoms with Crippen LogP contribution in [0.15, 0.2) is 5.38 Å². The van der Waals surface area contributed by atoms with E-state index in [1.807, 2.05) is 12.3 Å². The van der Waals surface area contributed by atoms with E-state index in [-0.39, 0.29) is 19.0 Å². The number of carboxylic acids is 1. The van der Waals surface area contributed by atoms with Gasteiger partial charge in [-0.15, -0.1) is 11.3 Å². The number of aliphatic carboxylic acids is 1. The number of aryl methyl sites for hydroxylation is 1. The summed E-state index contributed by atoms with van der Waals surface area (Å²) in [6.45, 7) is 2.38. The number of rotatable bonds is 7. The molecular weight excluding hydrogens is 270 g/mol. The minimum atomic E-state index is -0.966. The first-order chi connectivity index (χ1) is 9.01. The van der Waals surface area contributed by atoms with Gasteiger partial charge in [0.15, 0.2) is 0 Å². The number of carbonyl (C=O) groups is 2. The van der Waals surface area contributed by atoms with Crippen LogP contribution < -0.4 is 10.6 Å². The smallest absolute Gasteiger partial charge is 0.315 e. The van der Waals surface area contributed by atoms with Crippen LogP contribution in [0, 0.1) is 6.92 Å². The predicted octanol–water partition coefficient (Wildman–Crippen LogP) is 0.740. The molecule has 1 heterocycles. The van der Waals surface area contributed by atoms with E-state index in [2.05, 4.69) is 15.6 Å². The number of amides is 2. The van der Waals surface area contributed by atoms with E-state index in [4.69, 9.17) is 9.84 Å². The lowest BCUT2D eigenvalue weighted by molar-refractivity contribution is -0.139. The van der Waals surface area contributed by atoms with Crippen LogP contribution in [0.25, 0.3) is 0 Å². The van der Waals surface area contributed by atoms with E-state index in [1.54, 1.807) is 0 Å². The van der Waals surface area contributed by atoms with Crippen molar-refractivity contribution in [3.05, 3.63) is 16.1 Å². The van der Waals surface area contributed by atoms with Gasteiger partial charge in [0.1, 0.15) is 0 Å². The van der Waals surface area contributed by atoms with Gasteiger partial charge in [0.05, 0.1) is 29.8 Å². The molecule has 8 heteroatoms. The largest absolute Gasteiger partial charge is 0.481 e. The van der Waals surface area contributed by atoms with Crippen LogP contribution in [0.5, 0.6) is 0 Å². The zero-order valence-corrected chi connectivity index (χ0v) is 11.6. The minimum Gasteiger partial charge on any atom is -0.481 e. The number of hydrogen-bond acceptors (Lipinski definition) is 5. The lowest BCUT2D eigenvalue weighted by Crippen LogP contribution is -2.40. The molecule has 0 radical (unpaired) electrons. The molecule has 1 aromatic heterocycles. The van der Waals surface area contributed by atoms with Gasteiger partial charge in [-0.25, -0.2) is 9.78 Å². The number of methoxy groups -OCH3 is 1. The molecule has 1 unspecified atom stereocenters. The molecule has 0 saturated carbocycles. The Hall–Kier alpha value is -1.67. The van der Waals surface area contributed by atoms with Crippen molar-refractivity contribution >= 4 is 23.3 Å². The van der Waals surface area contributed by atoms with Gasteiger partial charge < -0.3 is 20.5 Å². The Kier molecular flexibility index (Phi) is 6.23. The predicted molar refractivity (Wildman–Crippen MR) is 70.1 cm³/mol. The standard InChI is InChI=1S/C11H17N3O4S/c1-7-14-8(6-19-7)4-12-11(17)13-5-9(18-2)3-10(15)16/h6,9H,3-5H2,1-2H3,(H,15,16)(H2,12,13,17). The summed E-state index contributed by atoms with van der Waals surface area (Å²) in [7, 11) is 1.41. The molecular formula is C11H17N3O4S. The molecule has 0 fully saturated rings. The molecule has 0 bridgehead atoms. The average molecular weight is 287 g/mol. The fourth-order valence-corrected chi connectivity index (χ4v) is 1.98. The zero-order chi connectivity index (χ0) is 14.3. The van der Waals surface area contributed by atoms with Gasteiger partial charge in [-0.1, -0.05) is 0 Å². The molecule has 0 aromatic carbocycles. The van der Waals surface area contributed by atoms with Gasteiger partial charge in [-0.05, 0) is 6.92 Å². The second kappa shape index (κ2) is 7.70. The molecule has 0 spiro atoms. The van der Waals surface area contributed by atoms with Crippen molar-refractivity contribution in [3.8, 4) is 0 Å². The number of ether oxygens (including phenoxy) is 1. The van der Waals surface area contributed by atoms with Crippen LogP contribution in [0.2, 0.25) is 0 Å². The third-order valence-electron chi connectivity index (χ3n) is 2.32. The first-order valence-electron chi connectivity index (χ1n) is 5.68. The maximum absolute atomic E-state index is 11.5. The first-order valence-corrected chi connectivity index (χ1v) is 6.56. The molecule has 19 heavy (non-hydrogen) atoms. The monoisotopic (exact) mass is 287 g/mol. The van der Waals surface area contributed by atoms with E-state index in [0.717, 1.165) is 10.7 Å². The van der Waals surface area contributed by atoms with Crippen LogP contribution in [0.3, 0.4) is 0 Å². The topological polar surface area (TPSA) is 101 Å². The van der Waals surface area contributed by atoms with Crippen molar-refractivity contribution in [1.29, 1.82) is 0 Å². The lowest BCUT2D eigenvalue weighted by Gasteiger charge is -2.14. The van der Waals surface area contributed by atoms with Gasteiger partial charge in [0.25, 0.3) is 0 Å². The van der Waals surface area contributed by atoms with Crippen molar-refractivity contribution in [2.75, 3.05) is 13.7 Å².